The normalized spacial score (nSPS) is 15.7. The van der Waals surface area contributed by atoms with Crippen LogP contribution >= 0.6 is 0 Å². The molecule has 2 amide bonds. The summed E-state index contributed by atoms with van der Waals surface area (Å²) in [5.74, 6) is 1.73. The molecule has 3 aromatic rings. The lowest BCUT2D eigenvalue weighted by Crippen LogP contribution is -2.45. The molecule has 0 aliphatic carbocycles. The van der Waals surface area contributed by atoms with Gasteiger partial charge in [0.15, 0.2) is 11.6 Å². The Morgan fingerprint density at radius 2 is 1.68 bits per heavy atom. The lowest BCUT2D eigenvalue weighted by Gasteiger charge is -2.34. The van der Waals surface area contributed by atoms with Crippen LogP contribution in [-0.2, 0) is 16.0 Å². The number of rotatable bonds is 12. The van der Waals surface area contributed by atoms with Gasteiger partial charge in [0.1, 0.15) is 0 Å². The molecule has 0 saturated carbocycles. The van der Waals surface area contributed by atoms with Gasteiger partial charge in [-0.1, -0.05) is 18.2 Å². The van der Waals surface area contributed by atoms with E-state index in [9.17, 15) is 9.59 Å². The van der Waals surface area contributed by atoms with E-state index in [0.717, 1.165) is 61.3 Å². The molecule has 1 saturated heterocycles. The van der Waals surface area contributed by atoms with Crippen molar-refractivity contribution in [3.05, 3.63) is 48.2 Å². The van der Waals surface area contributed by atoms with E-state index < -0.39 is 0 Å². The molecule has 1 atom stereocenters. The molecule has 1 N–H and O–H groups in total. The van der Waals surface area contributed by atoms with Crippen molar-refractivity contribution in [2.45, 2.75) is 72.9 Å². The molecule has 0 spiro atoms. The summed E-state index contributed by atoms with van der Waals surface area (Å²) in [6.07, 6.45) is 4.18. The molecule has 3 heterocycles. The number of nitrogens with one attached hydrogen (secondary N) is 1. The molecule has 1 unspecified atom stereocenters. The average molecular weight is 562 g/mol. The number of piperidine rings is 1. The lowest BCUT2D eigenvalue weighted by atomic mass is 9.96. The number of benzene rings is 1. The molecule has 41 heavy (non-hydrogen) atoms. The van der Waals surface area contributed by atoms with Crippen LogP contribution in [0, 0.1) is 5.92 Å². The third-order valence-corrected chi connectivity index (χ3v) is 8.22. The molecular weight excluding hydrogens is 514 g/mol. The van der Waals surface area contributed by atoms with Gasteiger partial charge in [-0.2, -0.15) is 0 Å². The van der Waals surface area contributed by atoms with Crippen molar-refractivity contribution in [2.75, 3.05) is 44.2 Å². The van der Waals surface area contributed by atoms with Gasteiger partial charge in [0.05, 0.1) is 17.9 Å². The van der Waals surface area contributed by atoms with E-state index in [0.29, 0.717) is 37.4 Å². The van der Waals surface area contributed by atoms with Crippen LogP contribution in [0.1, 0.15) is 59.9 Å². The average Bonchev–Trinajstić information content (AvgIpc) is 3.33. The Bertz CT molecular complexity index is 1290. The summed E-state index contributed by atoms with van der Waals surface area (Å²) in [6.45, 7) is 17.3. The van der Waals surface area contributed by atoms with Crippen LogP contribution < -0.4 is 10.2 Å². The summed E-state index contributed by atoms with van der Waals surface area (Å²) in [5.41, 5.74) is 1.95. The number of carbonyl (C=O) groups is 2. The zero-order valence-corrected chi connectivity index (χ0v) is 25.6. The van der Waals surface area contributed by atoms with Crippen molar-refractivity contribution in [2.24, 2.45) is 5.92 Å². The van der Waals surface area contributed by atoms with Gasteiger partial charge >= 0.3 is 0 Å². The predicted octanol–water partition coefficient (Wildman–Crippen LogP) is 4.28. The number of anilines is 1. The van der Waals surface area contributed by atoms with Gasteiger partial charge in [0.2, 0.25) is 11.8 Å². The van der Waals surface area contributed by atoms with Crippen LogP contribution in [0.5, 0.6) is 0 Å². The quantitative estimate of drug-likeness (QED) is 0.355. The fraction of sp³-hybridized carbons (Fsp3) is 0.562. The molecule has 1 fully saturated rings. The standard InChI is InChI=1S/C32H47N7O2/c1-7-36(8-2)32(41)25-12-11-18-37(21-25)29-15-16-30(35-34-29)39-22-26(27-13-9-10-14-28(27)39)20-31(40)33-17-19-38(23(3)4)24(5)6/h9-10,13-16,22-25H,7-8,11-12,17-21H2,1-6H3,(H,33,40). The summed E-state index contributed by atoms with van der Waals surface area (Å²) >= 11 is 0. The van der Waals surface area contributed by atoms with E-state index in [1.165, 1.54) is 0 Å². The van der Waals surface area contributed by atoms with E-state index in [1.54, 1.807) is 0 Å². The van der Waals surface area contributed by atoms with E-state index in [2.05, 4.69) is 59.1 Å². The van der Waals surface area contributed by atoms with Gasteiger partial charge in [0, 0.05) is 62.9 Å². The van der Waals surface area contributed by atoms with Crippen molar-refractivity contribution in [3.8, 4) is 5.82 Å². The highest BCUT2D eigenvalue weighted by molar-refractivity contribution is 5.90. The van der Waals surface area contributed by atoms with Crippen LogP contribution in [0.3, 0.4) is 0 Å². The number of carbonyl (C=O) groups excluding carboxylic acids is 2. The topological polar surface area (TPSA) is 86.6 Å². The molecule has 0 bridgehead atoms. The minimum Gasteiger partial charge on any atom is -0.355 e. The van der Waals surface area contributed by atoms with Crippen LogP contribution in [0.4, 0.5) is 5.82 Å². The highest BCUT2D eigenvalue weighted by atomic mass is 16.2. The van der Waals surface area contributed by atoms with E-state index >= 15 is 0 Å². The minimum absolute atomic E-state index is 0.00829. The van der Waals surface area contributed by atoms with Gasteiger partial charge in [-0.25, -0.2) is 0 Å². The van der Waals surface area contributed by atoms with Crippen LogP contribution in [0.15, 0.2) is 42.6 Å². The van der Waals surface area contributed by atoms with E-state index in [1.807, 2.05) is 59.8 Å². The van der Waals surface area contributed by atoms with E-state index in [4.69, 9.17) is 0 Å². The first-order chi connectivity index (χ1) is 19.7. The second kappa shape index (κ2) is 13.9. The van der Waals surface area contributed by atoms with E-state index in [-0.39, 0.29) is 17.7 Å². The van der Waals surface area contributed by atoms with Crippen molar-refractivity contribution < 1.29 is 9.59 Å². The molecule has 9 nitrogen and oxygen atoms in total. The predicted molar refractivity (Wildman–Crippen MR) is 165 cm³/mol. The smallest absolute Gasteiger partial charge is 0.227 e. The molecule has 0 radical (unpaired) electrons. The Labute approximate surface area is 244 Å². The van der Waals surface area contributed by atoms with Crippen LogP contribution in [0.25, 0.3) is 16.7 Å². The highest BCUT2D eigenvalue weighted by Gasteiger charge is 2.29. The van der Waals surface area contributed by atoms with Crippen molar-refractivity contribution in [1.82, 2.24) is 29.9 Å². The van der Waals surface area contributed by atoms with Crippen LogP contribution in [-0.4, -0.2) is 87.7 Å². The Hall–Kier alpha value is -3.46. The van der Waals surface area contributed by atoms with Crippen molar-refractivity contribution in [1.29, 1.82) is 0 Å². The van der Waals surface area contributed by atoms with Gasteiger partial charge < -0.3 is 15.1 Å². The molecule has 222 valence electrons. The van der Waals surface area contributed by atoms with Crippen molar-refractivity contribution in [3.63, 3.8) is 0 Å². The Morgan fingerprint density at radius 3 is 2.34 bits per heavy atom. The first-order valence-corrected chi connectivity index (χ1v) is 15.2. The third kappa shape index (κ3) is 7.25. The zero-order valence-electron chi connectivity index (χ0n) is 25.6. The molecule has 1 aliphatic rings. The maximum absolute atomic E-state index is 13.0. The van der Waals surface area contributed by atoms with Crippen LogP contribution in [0.2, 0.25) is 0 Å². The summed E-state index contributed by atoms with van der Waals surface area (Å²) in [7, 11) is 0. The Balaban J connectivity index is 1.46. The second-order valence-electron chi connectivity index (χ2n) is 11.5. The number of hydrogen-bond acceptors (Lipinski definition) is 6. The first kappa shape index (κ1) is 30.5. The zero-order chi connectivity index (χ0) is 29.5. The van der Waals surface area contributed by atoms with Gasteiger partial charge in [-0.3, -0.25) is 19.1 Å². The Morgan fingerprint density at radius 1 is 1.00 bits per heavy atom. The molecule has 2 aromatic heterocycles. The van der Waals surface area contributed by atoms with Gasteiger partial charge in [0.25, 0.3) is 0 Å². The molecule has 9 heteroatoms. The summed E-state index contributed by atoms with van der Waals surface area (Å²) < 4.78 is 2.01. The monoisotopic (exact) mass is 561 g/mol. The largest absolute Gasteiger partial charge is 0.355 e. The molecular formula is C32H47N7O2. The summed E-state index contributed by atoms with van der Waals surface area (Å²) in [5, 5.41) is 13.3. The molecule has 4 rings (SSSR count). The molecule has 1 aromatic carbocycles. The maximum Gasteiger partial charge on any atom is 0.227 e. The fourth-order valence-corrected chi connectivity index (χ4v) is 6.05. The number of fused-ring (bicyclic) bond motifs is 1. The SMILES string of the molecule is CCN(CC)C(=O)C1CCCN(c2ccc(-n3cc(CC(=O)NCCN(C(C)C)C(C)C)c4ccccc43)nn2)C1. The minimum atomic E-state index is -0.00829. The second-order valence-corrected chi connectivity index (χ2v) is 11.5. The number of hydrogen-bond donors (Lipinski definition) is 1. The summed E-state index contributed by atoms with van der Waals surface area (Å²) in [6, 6.07) is 12.9. The Kier molecular flexibility index (Phi) is 10.4. The van der Waals surface area contributed by atoms with Gasteiger partial charge in [-0.05, 0) is 78.1 Å². The number of amides is 2. The number of para-hydroxylation sites is 1. The lowest BCUT2D eigenvalue weighted by molar-refractivity contribution is -0.135. The fourth-order valence-electron chi connectivity index (χ4n) is 6.05. The number of nitrogens with zero attached hydrogens (tertiary/aromatic N) is 6. The van der Waals surface area contributed by atoms with Crippen molar-refractivity contribution >= 4 is 28.5 Å². The first-order valence-electron chi connectivity index (χ1n) is 15.2. The van der Waals surface area contributed by atoms with Gasteiger partial charge in [-0.15, -0.1) is 10.2 Å². The third-order valence-electron chi connectivity index (χ3n) is 8.22. The highest BCUT2D eigenvalue weighted by Crippen LogP contribution is 2.26. The molecule has 1 aliphatic heterocycles. The summed E-state index contributed by atoms with van der Waals surface area (Å²) in [4.78, 5) is 32.3. The number of aromatic nitrogens is 3. The maximum atomic E-state index is 13.0.